The smallest absolute Gasteiger partial charge is 0 e. The van der Waals surface area contributed by atoms with Crippen molar-refractivity contribution < 1.29 is 75.4 Å². The van der Waals surface area contributed by atoms with E-state index in [4.69, 9.17) is 36.8 Å². The van der Waals surface area contributed by atoms with Gasteiger partial charge in [-0.1, -0.05) is 73.6 Å². The van der Waals surface area contributed by atoms with Crippen LogP contribution in [0.25, 0.3) is 0 Å². The number of hydrogen-bond acceptors (Lipinski definition) is 3. The summed E-state index contributed by atoms with van der Waals surface area (Å²) in [6.07, 6.45) is 4.72. The fraction of sp³-hybridized carbons (Fsp3) is 0.576. The number of unbranched alkanes of at least 4 members (excludes halogenated alkanes) is 4. The van der Waals surface area contributed by atoms with Crippen LogP contribution in [0, 0.1) is 51.7 Å². The van der Waals surface area contributed by atoms with Crippen molar-refractivity contribution in [2.24, 2.45) is 0 Å². The minimum absolute atomic E-state index is 0. The summed E-state index contributed by atoms with van der Waals surface area (Å²) in [7, 11) is -4.06. The Bertz CT molecular complexity index is 976. The largest absolute Gasteiger partial charge is 0 e. The molecule has 0 aliphatic carbocycles. The van der Waals surface area contributed by atoms with Crippen molar-refractivity contribution >= 4 is 16.6 Å². The molecule has 0 saturated carbocycles. The van der Waals surface area contributed by atoms with E-state index in [0.29, 0.717) is 0 Å². The van der Waals surface area contributed by atoms with E-state index in [2.05, 4.69) is 126 Å². The van der Waals surface area contributed by atoms with Crippen LogP contribution in [0.1, 0.15) is 92.2 Å². The summed E-state index contributed by atoms with van der Waals surface area (Å²) in [5.41, 5.74) is 0.746. The summed E-state index contributed by atoms with van der Waals surface area (Å²) in [5, 5.41) is 11.0. The van der Waals surface area contributed by atoms with Crippen molar-refractivity contribution in [2.45, 2.75) is 123 Å². The van der Waals surface area contributed by atoms with Crippen LogP contribution < -0.4 is 8.85 Å². The van der Waals surface area contributed by atoms with Gasteiger partial charge in [-0.15, -0.1) is 5.92 Å². The number of aliphatic hydroxyl groups is 1. The Balaban J connectivity index is -0.000000153. The first kappa shape index (κ1) is 63.0. The summed E-state index contributed by atoms with van der Waals surface area (Å²) < 4.78 is 58.2. The van der Waals surface area contributed by atoms with Crippen molar-refractivity contribution in [3.63, 3.8) is 0 Å². The molecule has 1 N–H and O–H groups in total. The van der Waals surface area contributed by atoms with Gasteiger partial charge in [0.15, 0.2) is 0 Å². The Morgan fingerprint density at radius 2 is 0.978 bits per heavy atom. The van der Waals surface area contributed by atoms with Gasteiger partial charge in [-0.2, -0.15) is 0 Å². The van der Waals surface area contributed by atoms with Crippen LogP contribution in [0.2, 0.25) is 36.3 Å². The normalized spacial score (nSPS) is 9.91. The van der Waals surface area contributed by atoms with Gasteiger partial charge in [0, 0.05) is 46.0 Å². The van der Waals surface area contributed by atoms with Gasteiger partial charge >= 0.3 is 67.8 Å². The molecular weight excluding hydrogens is 714 g/mol. The van der Waals surface area contributed by atoms with E-state index in [0.717, 1.165) is 29.9 Å². The van der Waals surface area contributed by atoms with Gasteiger partial charge < -0.3 is 14.0 Å². The Labute approximate surface area is 300 Å². The first-order valence-electron chi connectivity index (χ1n) is 13.4. The van der Waals surface area contributed by atoms with Crippen molar-refractivity contribution in [2.75, 3.05) is 0 Å². The van der Waals surface area contributed by atoms with Crippen molar-refractivity contribution in [1.82, 2.24) is 0 Å². The van der Waals surface area contributed by atoms with Gasteiger partial charge in [-0.3, -0.25) is 0 Å². The van der Waals surface area contributed by atoms with Gasteiger partial charge in [0.25, 0.3) is 0 Å². The first-order valence-corrected chi connectivity index (χ1v) is 19.2. The first-order chi connectivity index (χ1) is 20.5. The molecule has 0 amide bonds. The molecule has 1 atom stereocenters. The van der Waals surface area contributed by atoms with Gasteiger partial charge in [0.2, 0.25) is 16.6 Å². The monoisotopic (exact) mass is 762 g/mol. The number of rotatable bonds is 9. The van der Waals surface area contributed by atoms with Crippen LogP contribution >= 0.6 is 0 Å². The zero-order valence-electron chi connectivity index (χ0n) is 28.7. The van der Waals surface area contributed by atoms with Crippen LogP contribution in [0.15, 0.2) is 18.2 Å². The second-order valence-corrected chi connectivity index (χ2v) is 21.4. The number of benzene rings is 1. The zero-order valence-corrected chi connectivity index (χ0v) is 32.8. The molecule has 0 bridgehead atoms. The standard InChI is InChI=1S/C27H48O3Si2.6CO.2Co/c1-12-13-14-15-16-17-18-25(28)22-19-23(29-31(8,9)26(2,3)4)21-24(20-22)30-32(10,11)27(5,6)7;6*1-2;;/h19-21,25,28H,12-16H2,1-11H3;;;;;;;;. The van der Waals surface area contributed by atoms with Crippen LogP contribution in [-0.2, 0) is 61.5 Å². The molecule has 9 nitrogen and oxygen atoms in total. The van der Waals surface area contributed by atoms with Crippen molar-refractivity contribution in [3.05, 3.63) is 63.7 Å². The third-order valence-electron chi connectivity index (χ3n) is 6.97. The Morgan fingerprint density at radius 3 is 1.26 bits per heavy atom. The SMILES string of the molecule is CCCCCCC#CC(O)c1cc(O[Si](C)(C)C(C)(C)C)cc(O[Si](C)(C)C(C)(C)C)c1.[C-]#[O+].[C-]#[O+].[C-]#[O+].[C-]#[O+].[C-]#[O+].[C-]#[O+].[Co].[Co]. The minimum Gasteiger partial charge on any atom is 0 e. The van der Waals surface area contributed by atoms with E-state index in [-0.39, 0.29) is 43.6 Å². The average Bonchev–Trinajstić information content (AvgIpc) is 2.99. The van der Waals surface area contributed by atoms with Gasteiger partial charge in [0.1, 0.15) is 17.6 Å². The van der Waals surface area contributed by atoms with E-state index >= 15 is 0 Å². The average molecular weight is 763 g/mol. The Hall–Kier alpha value is -1.77. The van der Waals surface area contributed by atoms with Crippen LogP contribution in [-0.4, -0.2) is 21.7 Å². The molecule has 0 heterocycles. The van der Waals surface area contributed by atoms with Crippen LogP contribution in [0.3, 0.4) is 0 Å². The molecular formula is C33H48Co2O9Si2. The van der Waals surface area contributed by atoms with Crippen LogP contribution in [0.5, 0.6) is 11.5 Å². The van der Waals surface area contributed by atoms with Gasteiger partial charge in [0.05, 0.1) is 0 Å². The summed E-state index contributed by atoms with van der Waals surface area (Å²) in [5.74, 6) is 7.74. The molecule has 0 saturated heterocycles. The summed E-state index contributed by atoms with van der Waals surface area (Å²) in [4.78, 5) is 0. The molecule has 1 rings (SSSR count). The maximum Gasteiger partial charge on any atom is 0 e. The third-order valence-corrected chi connectivity index (χ3v) is 15.7. The van der Waals surface area contributed by atoms with Gasteiger partial charge in [-0.05, 0) is 60.4 Å². The van der Waals surface area contributed by atoms with E-state index in [1.165, 1.54) is 19.3 Å². The molecule has 0 fully saturated rings. The van der Waals surface area contributed by atoms with Crippen molar-refractivity contribution in [3.8, 4) is 23.3 Å². The molecule has 2 radical (unpaired) electrons. The molecule has 13 heteroatoms. The topological polar surface area (TPSA) is 158 Å². The number of aliphatic hydroxyl groups excluding tert-OH is 1. The molecule has 0 spiro atoms. The van der Waals surface area contributed by atoms with Gasteiger partial charge in [-0.25, -0.2) is 0 Å². The van der Waals surface area contributed by atoms with E-state index in [1.807, 2.05) is 18.2 Å². The summed E-state index contributed by atoms with van der Waals surface area (Å²) in [6.45, 7) is 51.5. The Kier molecular flexibility index (Phi) is 49.4. The maximum atomic E-state index is 10.8. The fourth-order valence-electron chi connectivity index (χ4n) is 2.66. The number of hydrogen-bond donors (Lipinski definition) is 1. The third kappa shape index (κ3) is 28.4. The zero-order chi connectivity index (χ0) is 36.8. The molecule has 1 unspecified atom stereocenters. The predicted octanol–water partition coefficient (Wildman–Crippen LogP) is 8.23. The maximum absolute atomic E-state index is 10.8. The van der Waals surface area contributed by atoms with E-state index in [1.54, 1.807) is 0 Å². The van der Waals surface area contributed by atoms with Crippen molar-refractivity contribution in [1.29, 1.82) is 0 Å². The second-order valence-electron chi connectivity index (χ2n) is 12.0. The van der Waals surface area contributed by atoms with E-state index in [9.17, 15) is 5.11 Å². The predicted molar refractivity (Wildman–Crippen MR) is 167 cm³/mol. The molecule has 260 valence electrons. The summed E-state index contributed by atoms with van der Waals surface area (Å²) in [6, 6.07) is 5.88. The molecule has 1 aromatic carbocycles. The van der Waals surface area contributed by atoms with E-state index < -0.39 is 22.7 Å². The molecule has 0 aliphatic heterocycles. The molecule has 0 aliphatic rings. The second kappa shape index (κ2) is 36.1. The molecule has 0 aromatic heterocycles. The molecule has 1 aromatic rings. The summed E-state index contributed by atoms with van der Waals surface area (Å²) >= 11 is 0. The fourth-order valence-corrected chi connectivity index (χ4v) is 4.68. The minimum atomic E-state index is -2.03. The molecule has 46 heavy (non-hydrogen) atoms. The van der Waals surface area contributed by atoms with Crippen LogP contribution in [0.4, 0.5) is 0 Å². The Morgan fingerprint density at radius 1 is 0.652 bits per heavy atom. The quantitative estimate of drug-likeness (QED) is 0.0885.